The maximum Gasteiger partial charge on any atom is 0.228 e. The molecule has 28 heavy (non-hydrogen) atoms. The van der Waals surface area contributed by atoms with E-state index in [9.17, 15) is 4.79 Å². The lowest BCUT2D eigenvalue weighted by molar-refractivity contribution is -0.115. The first-order chi connectivity index (χ1) is 13.6. The number of H-pyrrole nitrogens is 1. The summed E-state index contributed by atoms with van der Waals surface area (Å²) in [7, 11) is 1.62. The lowest BCUT2D eigenvalue weighted by atomic mass is 10.1. The highest BCUT2D eigenvalue weighted by atomic mass is 16.5. The molecular formula is C23H21N3O2. The number of ether oxygens (including phenoxy) is 1. The molecule has 1 heterocycles. The topological polar surface area (TPSA) is 67.0 Å². The van der Waals surface area contributed by atoms with Crippen molar-refractivity contribution in [2.45, 2.75) is 13.3 Å². The number of nitrogens with zero attached hydrogens (tertiary/aromatic N) is 1. The molecule has 2 N–H and O–H groups in total. The monoisotopic (exact) mass is 371 g/mol. The number of benzene rings is 3. The lowest BCUT2D eigenvalue weighted by Gasteiger charge is -2.07. The molecule has 0 aliphatic rings. The second kappa shape index (κ2) is 7.56. The second-order valence-corrected chi connectivity index (χ2v) is 6.76. The zero-order valence-electron chi connectivity index (χ0n) is 15.8. The van der Waals surface area contributed by atoms with Gasteiger partial charge in [-0.2, -0.15) is 0 Å². The number of carbonyl (C=O) groups is 1. The number of imidazole rings is 1. The fourth-order valence-electron chi connectivity index (χ4n) is 3.11. The Morgan fingerprint density at radius 1 is 1.04 bits per heavy atom. The van der Waals surface area contributed by atoms with Gasteiger partial charge in [0, 0.05) is 11.3 Å². The average molecular weight is 371 g/mol. The number of rotatable bonds is 5. The molecule has 0 fully saturated rings. The Morgan fingerprint density at radius 2 is 1.79 bits per heavy atom. The number of fused-ring (bicyclic) bond motifs is 1. The number of amides is 1. The van der Waals surface area contributed by atoms with Gasteiger partial charge < -0.3 is 15.0 Å². The fourth-order valence-corrected chi connectivity index (χ4v) is 3.11. The lowest BCUT2D eigenvalue weighted by Crippen LogP contribution is -2.14. The number of nitrogens with one attached hydrogen (secondary N) is 2. The van der Waals surface area contributed by atoms with E-state index in [1.54, 1.807) is 7.11 Å². The molecule has 1 aromatic heterocycles. The highest BCUT2D eigenvalue weighted by Crippen LogP contribution is 2.23. The number of carbonyl (C=O) groups excluding carboxylic acids is 1. The first-order valence-corrected chi connectivity index (χ1v) is 9.10. The van der Waals surface area contributed by atoms with Crippen LogP contribution in [0, 0.1) is 6.92 Å². The van der Waals surface area contributed by atoms with Crippen LogP contribution in [-0.4, -0.2) is 23.0 Å². The minimum atomic E-state index is -0.0582. The average Bonchev–Trinajstić information content (AvgIpc) is 3.12. The first kappa shape index (κ1) is 17.8. The Morgan fingerprint density at radius 3 is 2.50 bits per heavy atom. The summed E-state index contributed by atoms with van der Waals surface area (Å²) < 4.78 is 5.13. The van der Waals surface area contributed by atoms with Gasteiger partial charge in [0.15, 0.2) is 0 Å². The summed E-state index contributed by atoms with van der Waals surface area (Å²) in [6.45, 7) is 2.06. The molecule has 5 nitrogen and oxygen atoms in total. The molecule has 0 saturated carbocycles. The minimum Gasteiger partial charge on any atom is -0.497 e. The molecule has 4 aromatic rings. The van der Waals surface area contributed by atoms with Gasteiger partial charge >= 0.3 is 0 Å². The molecule has 0 aliphatic carbocycles. The Labute approximate surface area is 163 Å². The smallest absolute Gasteiger partial charge is 0.228 e. The first-order valence-electron chi connectivity index (χ1n) is 9.10. The van der Waals surface area contributed by atoms with Crippen molar-refractivity contribution in [3.63, 3.8) is 0 Å². The molecule has 0 aliphatic heterocycles. The van der Waals surface area contributed by atoms with Crippen molar-refractivity contribution >= 4 is 22.6 Å². The van der Waals surface area contributed by atoms with E-state index in [1.165, 1.54) is 5.56 Å². The number of methoxy groups -OCH3 is 1. The van der Waals surface area contributed by atoms with E-state index in [0.29, 0.717) is 6.42 Å². The molecule has 0 spiro atoms. The normalized spacial score (nSPS) is 10.8. The molecule has 0 radical (unpaired) electrons. The third-order valence-electron chi connectivity index (χ3n) is 4.60. The van der Waals surface area contributed by atoms with Crippen LogP contribution in [0.25, 0.3) is 22.4 Å². The zero-order valence-corrected chi connectivity index (χ0v) is 15.8. The number of aromatic nitrogens is 2. The quantitative estimate of drug-likeness (QED) is 0.533. The predicted octanol–water partition coefficient (Wildman–Crippen LogP) is 4.73. The summed E-state index contributed by atoms with van der Waals surface area (Å²) in [5.41, 5.74) is 5.82. The second-order valence-electron chi connectivity index (χ2n) is 6.76. The van der Waals surface area contributed by atoms with Crippen LogP contribution < -0.4 is 10.1 Å². The summed E-state index contributed by atoms with van der Waals surface area (Å²) in [6.07, 6.45) is 0.314. The van der Waals surface area contributed by atoms with Gasteiger partial charge in [0.25, 0.3) is 0 Å². The number of aromatic amines is 1. The van der Waals surface area contributed by atoms with Crippen molar-refractivity contribution in [2.75, 3.05) is 12.4 Å². The van der Waals surface area contributed by atoms with E-state index >= 15 is 0 Å². The van der Waals surface area contributed by atoms with E-state index in [2.05, 4.69) is 34.3 Å². The van der Waals surface area contributed by atoms with Gasteiger partial charge in [-0.3, -0.25) is 4.79 Å². The zero-order chi connectivity index (χ0) is 19.5. The molecular weight excluding hydrogens is 350 g/mol. The van der Waals surface area contributed by atoms with Crippen molar-refractivity contribution in [1.29, 1.82) is 0 Å². The highest BCUT2D eigenvalue weighted by Gasteiger charge is 2.08. The van der Waals surface area contributed by atoms with E-state index in [0.717, 1.165) is 39.4 Å². The SMILES string of the molecule is COc1ccc(CC(=O)Nc2ccc(-c3nc4ccc(C)cc4[nH]3)cc2)cc1. The standard InChI is InChI=1S/C23H21N3O2/c1-15-3-12-20-21(13-15)26-23(25-20)17-6-8-18(9-7-17)24-22(27)14-16-4-10-19(28-2)11-5-16/h3-13H,14H2,1-2H3,(H,24,27)(H,25,26). The Hall–Kier alpha value is -3.60. The van der Waals surface area contributed by atoms with E-state index in [4.69, 9.17) is 4.74 Å². The molecule has 5 heteroatoms. The third-order valence-corrected chi connectivity index (χ3v) is 4.60. The van der Waals surface area contributed by atoms with Crippen LogP contribution in [0.3, 0.4) is 0 Å². The Balaban J connectivity index is 1.44. The molecule has 0 unspecified atom stereocenters. The molecule has 0 saturated heterocycles. The summed E-state index contributed by atoms with van der Waals surface area (Å²) in [4.78, 5) is 20.3. The van der Waals surface area contributed by atoms with Crippen molar-refractivity contribution in [2.24, 2.45) is 0 Å². The molecule has 3 aromatic carbocycles. The summed E-state index contributed by atoms with van der Waals surface area (Å²) >= 11 is 0. The van der Waals surface area contributed by atoms with E-state index in [-0.39, 0.29) is 5.91 Å². The van der Waals surface area contributed by atoms with Crippen LogP contribution in [0.1, 0.15) is 11.1 Å². The number of hydrogen-bond donors (Lipinski definition) is 2. The fraction of sp³-hybridized carbons (Fsp3) is 0.130. The van der Waals surface area contributed by atoms with Gasteiger partial charge in [-0.1, -0.05) is 18.2 Å². The van der Waals surface area contributed by atoms with Crippen LogP contribution in [0.5, 0.6) is 5.75 Å². The maximum absolute atomic E-state index is 12.3. The minimum absolute atomic E-state index is 0.0582. The molecule has 0 atom stereocenters. The van der Waals surface area contributed by atoms with Crippen molar-refractivity contribution in [3.05, 3.63) is 77.9 Å². The van der Waals surface area contributed by atoms with Gasteiger partial charge in [0.2, 0.25) is 5.91 Å². The van der Waals surface area contributed by atoms with Gasteiger partial charge in [0.1, 0.15) is 11.6 Å². The largest absolute Gasteiger partial charge is 0.497 e. The third kappa shape index (κ3) is 3.88. The summed E-state index contributed by atoms with van der Waals surface area (Å²) in [5.74, 6) is 1.54. The Kier molecular flexibility index (Phi) is 4.81. The number of anilines is 1. The highest BCUT2D eigenvalue weighted by molar-refractivity contribution is 5.92. The van der Waals surface area contributed by atoms with Crippen LogP contribution in [-0.2, 0) is 11.2 Å². The van der Waals surface area contributed by atoms with Crippen LogP contribution >= 0.6 is 0 Å². The summed E-state index contributed by atoms with van der Waals surface area (Å²) in [5, 5.41) is 2.93. The molecule has 140 valence electrons. The maximum atomic E-state index is 12.3. The Bertz CT molecular complexity index is 1110. The van der Waals surface area contributed by atoms with E-state index in [1.807, 2.05) is 54.6 Å². The van der Waals surface area contributed by atoms with Crippen molar-refractivity contribution in [1.82, 2.24) is 9.97 Å². The van der Waals surface area contributed by atoms with Crippen LogP contribution in [0.4, 0.5) is 5.69 Å². The van der Waals surface area contributed by atoms with Gasteiger partial charge in [-0.25, -0.2) is 4.98 Å². The van der Waals surface area contributed by atoms with Crippen LogP contribution in [0.2, 0.25) is 0 Å². The summed E-state index contributed by atoms with van der Waals surface area (Å²) in [6, 6.07) is 21.3. The number of hydrogen-bond acceptors (Lipinski definition) is 3. The predicted molar refractivity (Wildman–Crippen MR) is 112 cm³/mol. The van der Waals surface area contributed by atoms with Crippen LogP contribution in [0.15, 0.2) is 66.7 Å². The van der Waals surface area contributed by atoms with Gasteiger partial charge in [-0.15, -0.1) is 0 Å². The van der Waals surface area contributed by atoms with E-state index < -0.39 is 0 Å². The molecule has 1 amide bonds. The van der Waals surface area contributed by atoms with Gasteiger partial charge in [-0.05, 0) is 66.6 Å². The van der Waals surface area contributed by atoms with Crippen molar-refractivity contribution in [3.8, 4) is 17.1 Å². The number of aryl methyl sites for hydroxylation is 1. The molecule has 0 bridgehead atoms. The van der Waals surface area contributed by atoms with Crippen molar-refractivity contribution < 1.29 is 9.53 Å². The molecule has 4 rings (SSSR count). The van der Waals surface area contributed by atoms with Gasteiger partial charge in [0.05, 0.1) is 24.6 Å².